The first-order chi connectivity index (χ1) is 9.50. The van der Waals surface area contributed by atoms with Crippen LogP contribution in [0.15, 0.2) is 52.6 Å². The number of allylic oxidation sites excluding steroid dienone is 4. The summed E-state index contributed by atoms with van der Waals surface area (Å²) in [4.78, 5) is 4.79. The molecule has 2 aromatic rings. The molecule has 0 unspecified atom stereocenters. The Kier molecular flexibility index (Phi) is 3.01. The first-order valence-corrected chi connectivity index (χ1v) is 7.22. The van der Waals surface area contributed by atoms with Crippen molar-refractivity contribution in [1.29, 1.82) is 0 Å². The number of rotatable bonds is 1. The molecule has 1 aromatic carbocycles. The summed E-state index contributed by atoms with van der Waals surface area (Å²) in [6.45, 7) is 11.0. The van der Waals surface area contributed by atoms with E-state index in [1.54, 1.807) is 0 Å². The van der Waals surface area contributed by atoms with Crippen LogP contribution in [-0.4, -0.2) is 4.98 Å². The van der Waals surface area contributed by atoms with Crippen LogP contribution < -0.4 is 0 Å². The van der Waals surface area contributed by atoms with Crippen molar-refractivity contribution in [3.8, 4) is 0 Å². The molecule has 1 heteroatoms. The summed E-state index contributed by atoms with van der Waals surface area (Å²) < 4.78 is 0. The maximum absolute atomic E-state index is 4.79. The van der Waals surface area contributed by atoms with Gasteiger partial charge >= 0.3 is 0 Å². The molecule has 0 saturated carbocycles. The molecule has 0 N–H and O–H groups in total. The summed E-state index contributed by atoms with van der Waals surface area (Å²) in [6, 6.07) is 10.8. The molecule has 0 fully saturated rings. The normalized spacial score (nSPS) is 16.6. The van der Waals surface area contributed by atoms with Crippen LogP contribution >= 0.6 is 0 Å². The molecule has 0 radical (unpaired) electrons. The molecule has 0 atom stereocenters. The second-order valence-electron chi connectivity index (χ2n) is 5.92. The largest absolute Gasteiger partial charge is 0.253 e. The molecular formula is C19H21N. The maximum atomic E-state index is 4.79. The molecule has 0 spiro atoms. The van der Waals surface area contributed by atoms with Crippen molar-refractivity contribution in [2.75, 3.05) is 0 Å². The molecule has 1 aromatic heterocycles. The van der Waals surface area contributed by atoms with Crippen molar-refractivity contribution in [1.82, 2.24) is 4.98 Å². The number of aryl methyl sites for hydroxylation is 1. The van der Waals surface area contributed by atoms with Crippen molar-refractivity contribution in [3.63, 3.8) is 0 Å². The third-order valence-electron chi connectivity index (χ3n) is 4.81. The minimum absolute atomic E-state index is 0.396. The van der Waals surface area contributed by atoms with E-state index in [4.69, 9.17) is 4.98 Å². The molecule has 3 rings (SSSR count). The van der Waals surface area contributed by atoms with Crippen LogP contribution in [0.25, 0.3) is 10.9 Å². The number of para-hydroxylation sites is 1. The fourth-order valence-corrected chi connectivity index (χ4v) is 3.32. The van der Waals surface area contributed by atoms with Crippen molar-refractivity contribution in [2.45, 2.75) is 40.5 Å². The topological polar surface area (TPSA) is 12.9 Å². The van der Waals surface area contributed by atoms with Gasteiger partial charge in [0.25, 0.3) is 0 Å². The summed E-state index contributed by atoms with van der Waals surface area (Å²) in [5.41, 5.74) is 9.40. The van der Waals surface area contributed by atoms with Crippen LogP contribution in [0.3, 0.4) is 0 Å². The van der Waals surface area contributed by atoms with Gasteiger partial charge in [-0.1, -0.05) is 35.4 Å². The van der Waals surface area contributed by atoms with Gasteiger partial charge in [0.1, 0.15) is 0 Å². The average molecular weight is 263 g/mol. The van der Waals surface area contributed by atoms with Crippen LogP contribution in [0.5, 0.6) is 0 Å². The molecule has 0 bridgehead atoms. The summed E-state index contributed by atoms with van der Waals surface area (Å²) in [6.07, 6.45) is 0. The molecule has 1 heterocycles. The molecule has 0 saturated heterocycles. The molecule has 0 amide bonds. The zero-order chi connectivity index (χ0) is 14.4. The van der Waals surface area contributed by atoms with Gasteiger partial charge in [0, 0.05) is 17.0 Å². The summed E-state index contributed by atoms with van der Waals surface area (Å²) in [7, 11) is 0. The average Bonchev–Trinajstić information content (AvgIpc) is 2.63. The van der Waals surface area contributed by atoms with E-state index in [1.165, 1.54) is 33.2 Å². The lowest BCUT2D eigenvalue weighted by molar-refractivity contribution is 0.940. The van der Waals surface area contributed by atoms with E-state index in [-0.39, 0.29) is 0 Å². The summed E-state index contributed by atoms with van der Waals surface area (Å²) >= 11 is 0. The van der Waals surface area contributed by atoms with Crippen LogP contribution in [0.2, 0.25) is 0 Å². The lowest BCUT2D eigenvalue weighted by Gasteiger charge is -2.17. The van der Waals surface area contributed by atoms with Gasteiger partial charge < -0.3 is 0 Å². The molecule has 0 aliphatic heterocycles. The van der Waals surface area contributed by atoms with E-state index in [2.05, 4.69) is 65.0 Å². The number of aromatic nitrogens is 1. The Morgan fingerprint density at radius 2 is 1.45 bits per heavy atom. The third kappa shape index (κ3) is 1.81. The zero-order valence-corrected chi connectivity index (χ0v) is 12.9. The van der Waals surface area contributed by atoms with Gasteiger partial charge in [0.15, 0.2) is 0 Å². The Bertz CT molecular complexity index is 738. The smallest absolute Gasteiger partial charge is 0.0746 e. The molecule has 1 nitrogen and oxygen atoms in total. The molecular weight excluding hydrogens is 242 g/mol. The standard InChI is InChI=1S/C19H21N/c1-11-9-10-16-7-6-8-17(19(16)20-11)18-14(4)12(2)13(3)15(18)5/h6-10,18H,1-5H3. The number of fused-ring (bicyclic) bond motifs is 1. The fraction of sp³-hybridized carbons (Fsp3) is 0.316. The third-order valence-corrected chi connectivity index (χ3v) is 4.81. The van der Waals surface area contributed by atoms with Gasteiger partial charge in [-0.3, -0.25) is 4.98 Å². The van der Waals surface area contributed by atoms with E-state index < -0.39 is 0 Å². The van der Waals surface area contributed by atoms with Crippen molar-refractivity contribution < 1.29 is 0 Å². The highest BCUT2D eigenvalue weighted by Gasteiger charge is 2.27. The molecule has 1 aliphatic carbocycles. The number of hydrogen-bond donors (Lipinski definition) is 0. The fourth-order valence-electron chi connectivity index (χ4n) is 3.32. The number of benzene rings is 1. The zero-order valence-electron chi connectivity index (χ0n) is 12.9. The summed E-state index contributed by atoms with van der Waals surface area (Å²) in [5, 5.41) is 1.23. The van der Waals surface area contributed by atoms with E-state index in [0.717, 1.165) is 11.2 Å². The molecule has 102 valence electrons. The van der Waals surface area contributed by atoms with Crippen molar-refractivity contribution >= 4 is 10.9 Å². The highest BCUT2D eigenvalue weighted by atomic mass is 14.7. The quantitative estimate of drug-likeness (QED) is 0.679. The van der Waals surface area contributed by atoms with Gasteiger partial charge in [-0.2, -0.15) is 0 Å². The van der Waals surface area contributed by atoms with Gasteiger partial charge in [0.2, 0.25) is 0 Å². The summed E-state index contributed by atoms with van der Waals surface area (Å²) in [5.74, 6) is 0.396. The van der Waals surface area contributed by atoms with E-state index in [0.29, 0.717) is 5.92 Å². The Hall–Kier alpha value is -1.89. The van der Waals surface area contributed by atoms with Gasteiger partial charge in [-0.05, 0) is 57.4 Å². The van der Waals surface area contributed by atoms with Gasteiger partial charge in [0.05, 0.1) is 5.52 Å². The Balaban J connectivity index is 2.29. The predicted molar refractivity (Wildman–Crippen MR) is 86.0 cm³/mol. The van der Waals surface area contributed by atoms with Gasteiger partial charge in [-0.15, -0.1) is 0 Å². The van der Waals surface area contributed by atoms with E-state index >= 15 is 0 Å². The number of pyridine rings is 1. The molecule has 1 aliphatic rings. The van der Waals surface area contributed by atoms with Crippen LogP contribution in [0.4, 0.5) is 0 Å². The monoisotopic (exact) mass is 263 g/mol. The van der Waals surface area contributed by atoms with E-state index in [9.17, 15) is 0 Å². The van der Waals surface area contributed by atoms with Crippen LogP contribution in [0, 0.1) is 6.92 Å². The first-order valence-electron chi connectivity index (χ1n) is 7.22. The van der Waals surface area contributed by atoms with Crippen LogP contribution in [-0.2, 0) is 0 Å². The highest BCUT2D eigenvalue weighted by molar-refractivity contribution is 5.84. The van der Waals surface area contributed by atoms with Gasteiger partial charge in [-0.25, -0.2) is 0 Å². The maximum Gasteiger partial charge on any atom is 0.0746 e. The van der Waals surface area contributed by atoms with Crippen molar-refractivity contribution in [3.05, 3.63) is 63.9 Å². The van der Waals surface area contributed by atoms with E-state index in [1.807, 2.05) is 0 Å². The minimum Gasteiger partial charge on any atom is -0.253 e. The first kappa shape index (κ1) is 13.1. The Morgan fingerprint density at radius 1 is 0.800 bits per heavy atom. The predicted octanol–water partition coefficient (Wildman–Crippen LogP) is 5.31. The minimum atomic E-state index is 0.396. The van der Waals surface area contributed by atoms with Crippen molar-refractivity contribution in [2.24, 2.45) is 0 Å². The second-order valence-corrected chi connectivity index (χ2v) is 5.92. The molecule has 20 heavy (non-hydrogen) atoms. The second kappa shape index (κ2) is 4.59. The number of nitrogens with zero attached hydrogens (tertiary/aromatic N) is 1. The van der Waals surface area contributed by atoms with Crippen LogP contribution in [0.1, 0.15) is 44.9 Å². The SMILES string of the molecule is CC1=C(C)C(c2cccc3ccc(C)nc23)C(C)=C1C. The Morgan fingerprint density at radius 3 is 2.10 bits per heavy atom. The lowest BCUT2D eigenvalue weighted by atomic mass is 9.87. The number of hydrogen-bond acceptors (Lipinski definition) is 1. The highest BCUT2D eigenvalue weighted by Crippen LogP contribution is 2.44. The Labute approximate surface area is 121 Å². The lowest BCUT2D eigenvalue weighted by Crippen LogP contribution is -2.02.